The van der Waals surface area contributed by atoms with Crippen molar-refractivity contribution in [2.75, 3.05) is 0 Å². The van der Waals surface area contributed by atoms with E-state index in [9.17, 15) is 0 Å². The van der Waals surface area contributed by atoms with Crippen LogP contribution in [0.5, 0.6) is 0 Å². The monoisotopic (exact) mass is 634 g/mol. The van der Waals surface area contributed by atoms with Gasteiger partial charge in [0, 0.05) is 0 Å². The highest BCUT2D eigenvalue weighted by molar-refractivity contribution is 6.41. The summed E-state index contributed by atoms with van der Waals surface area (Å²) < 4.78 is 0. The minimum absolute atomic E-state index is 1.29. The van der Waals surface area contributed by atoms with Gasteiger partial charge in [-0.05, 0) is 195 Å². The molecule has 11 aromatic rings. The Balaban J connectivity index is 1.21. The fourth-order valence-electron chi connectivity index (χ4n) is 9.64. The summed E-state index contributed by atoms with van der Waals surface area (Å²) in [6, 6.07) is 51.1. The summed E-state index contributed by atoms with van der Waals surface area (Å²) in [5, 5.41) is 21.5. The molecule has 0 fully saturated rings. The summed E-state index contributed by atoms with van der Waals surface area (Å²) in [6.07, 6.45) is 0. The molecule has 11 aromatic carbocycles. The van der Waals surface area contributed by atoms with Gasteiger partial charge in [0.2, 0.25) is 0 Å². The predicted octanol–water partition coefficient (Wildman–Crippen LogP) is 14.4. The fraction of sp³-hybridized carbons (Fsp3) is 0.0800. The Morgan fingerprint density at radius 3 is 1.22 bits per heavy atom. The third-order valence-electron chi connectivity index (χ3n) is 11.8. The zero-order valence-corrected chi connectivity index (χ0v) is 28.7. The van der Waals surface area contributed by atoms with Crippen LogP contribution in [0.4, 0.5) is 0 Å². The summed E-state index contributed by atoms with van der Waals surface area (Å²) in [4.78, 5) is 0. The minimum Gasteiger partial charge on any atom is -0.0617 e. The standard InChI is InChI=1S/C50H34/c1-27-9-5-10-28(2)47(27)32-18-17-31-22-42-41(24-34(31)21-32)37-14-8-16-39-43-25-45-35-20-19-33(48-29(3)11-6-12-30(48)4)23-40(35)36-13-7-15-38(49(36)45)44(43)26-46(42)50(37)39/h5-26H,1-4H3. The molecule has 0 heteroatoms. The van der Waals surface area contributed by atoms with Crippen molar-refractivity contribution in [3.63, 3.8) is 0 Å². The minimum atomic E-state index is 1.29. The molecule has 0 atom stereocenters. The molecule has 0 aliphatic carbocycles. The van der Waals surface area contributed by atoms with Gasteiger partial charge in [0.15, 0.2) is 0 Å². The number of hydrogen-bond donors (Lipinski definition) is 0. The lowest BCUT2D eigenvalue weighted by Gasteiger charge is -2.11. The molecule has 11 rings (SSSR count). The van der Waals surface area contributed by atoms with Crippen molar-refractivity contribution >= 4 is 86.2 Å². The topological polar surface area (TPSA) is 0 Å². The summed E-state index contributed by atoms with van der Waals surface area (Å²) in [5.74, 6) is 0. The van der Waals surface area contributed by atoms with Crippen molar-refractivity contribution in [2.45, 2.75) is 27.7 Å². The van der Waals surface area contributed by atoms with E-state index >= 15 is 0 Å². The maximum atomic E-state index is 2.50. The SMILES string of the molecule is Cc1cccc(C)c1-c1ccc2cc3c(cc2c1)c1cccc2c4cc5c6ccc(-c7c(C)cccc7C)cc6c6cccc(c4cc3c12)c65. The molecule has 234 valence electrons. The second-order valence-corrected chi connectivity index (χ2v) is 14.7. The van der Waals surface area contributed by atoms with E-state index in [0.717, 1.165) is 0 Å². The van der Waals surface area contributed by atoms with Crippen LogP contribution in [-0.2, 0) is 0 Å². The molecule has 0 spiro atoms. The zero-order valence-electron chi connectivity index (χ0n) is 28.7. The highest BCUT2D eigenvalue weighted by Crippen LogP contribution is 2.48. The molecule has 0 radical (unpaired) electrons. The van der Waals surface area contributed by atoms with Crippen LogP contribution >= 0.6 is 0 Å². The van der Waals surface area contributed by atoms with Gasteiger partial charge in [-0.15, -0.1) is 0 Å². The number of fused-ring (bicyclic) bond motifs is 10. The predicted molar refractivity (Wildman–Crippen MR) is 219 cm³/mol. The van der Waals surface area contributed by atoms with Crippen LogP contribution in [0.2, 0.25) is 0 Å². The molecule has 0 N–H and O–H groups in total. The first-order chi connectivity index (χ1) is 24.4. The van der Waals surface area contributed by atoms with Crippen LogP contribution in [0.15, 0.2) is 133 Å². The first-order valence-electron chi connectivity index (χ1n) is 17.8. The van der Waals surface area contributed by atoms with Crippen LogP contribution in [0, 0.1) is 27.7 Å². The highest BCUT2D eigenvalue weighted by atomic mass is 14.2. The lowest BCUT2D eigenvalue weighted by atomic mass is 9.93. The summed E-state index contributed by atoms with van der Waals surface area (Å²) in [6.45, 7) is 8.89. The lowest BCUT2D eigenvalue weighted by molar-refractivity contribution is 1.38. The van der Waals surface area contributed by atoms with Crippen molar-refractivity contribution in [3.05, 3.63) is 156 Å². The smallest absolute Gasteiger partial charge is 0.00199 e. The average Bonchev–Trinajstić information content (AvgIpc) is 3.60. The Kier molecular flexibility index (Phi) is 5.47. The van der Waals surface area contributed by atoms with Crippen molar-refractivity contribution < 1.29 is 0 Å². The van der Waals surface area contributed by atoms with Gasteiger partial charge in [-0.3, -0.25) is 0 Å². The second-order valence-electron chi connectivity index (χ2n) is 14.7. The van der Waals surface area contributed by atoms with Crippen LogP contribution in [-0.4, -0.2) is 0 Å². The van der Waals surface area contributed by atoms with E-state index in [1.807, 2.05) is 0 Å². The van der Waals surface area contributed by atoms with Crippen LogP contribution in [0.3, 0.4) is 0 Å². The van der Waals surface area contributed by atoms with Gasteiger partial charge in [0.25, 0.3) is 0 Å². The molecule has 0 amide bonds. The lowest BCUT2D eigenvalue weighted by Crippen LogP contribution is -1.87. The van der Waals surface area contributed by atoms with Gasteiger partial charge in [-0.2, -0.15) is 0 Å². The van der Waals surface area contributed by atoms with Crippen LogP contribution in [0.25, 0.3) is 108 Å². The van der Waals surface area contributed by atoms with Gasteiger partial charge in [-0.1, -0.05) is 97.1 Å². The van der Waals surface area contributed by atoms with E-state index < -0.39 is 0 Å². The van der Waals surface area contributed by atoms with Crippen molar-refractivity contribution in [1.82, 2.24) is 0 Å². The first kappa shape index (κ1) is 27.9. The Bertz CT molecular complexity index is 3190. The quantitative estimate of drug-likeness (QED) is 0.166. The Hall–Kier alpha value is -5.98. The Labute approximate surface area is 290 Å². The van der Waals surface area contributed by atoms with E-state index in [-0.39, 0.29) is 0 Å². The van der Waals surface area contributed by atoms with Gasteiger partial charge in [0.05, 0.1) is 0 Å². The first-order valence-corrected chi connectivity index (χ1v) is 17.8. The molecule has 0 aliphatic rings. The van der Waals surface area contributed by atoms with E-state index in [1.165, 1.54) is 131 Å². The summed E-state index contributed by atoms with van der Waals surface area (Å²) in [5.41, 5.74) is 10.6. The molecule has 50 heavy (non-hydrogen) atoms. The van der Waals surface area contributed by atoms with Crippen molar-refractivity contribution in [1.29, 1.82) is 0 Å². The van der Waals surface area contributed by atoms with E-state index in [0.29, 0.717) is 0 Å². The number of benzene rings is 9. The number of rotatable bonds is 2. The van der Waals surface area contributed by atoms with E-state index in [4.69, 9.17) is 0 Å². The molecule has 0 saturated heterocycles. The Morgan fingerprint density at radius 1 is 0.260 bits per heavy atom. The van der Waals surface area contributed by atoms with Gasteiger partial charge < -0.3 is 0 Å². The zero-order chi connectivity index (χ0) is 33.4. The van der Waals surface area contributed by atoms with Gasteiger partial charge in [-0.25, -0.2) is 0 Å². The largest absolute Gasteiger partial charge is 0.0617 e. The van der Waals surface area contributed by atoms with Gasteiger partial charge >= 0.3 is 0 Å². The second kappa shape index (κ2) is 9.80. The summed E-state index contributed by atoms with van der Waals surface area (Å²) >= 11 is 0. The van der Waals surface area contributed by atoms with Gasteiger partial charge in [0.1, 0.15) is 0 Å². The maximum absolute atomic E-state index is 2.50. The molecule has 0 unspecified atom stereocenters. The van der Waals surface area contributed by atoms with Crippen molar-refractivity contribution in [2.24, 2.45) is 0 Å². The molecule has 0 aliphatic heterocycles. The highest BCUT2D eigenvalue weighted by Gasteiger charge is 2.20. The molecule has 0 nitrogen and oxygen atoms in total. The number of hydrogen-bond acceptors (Lipinski definition) is 0. The van der Waals surface area contributed by atoms with E-state index in [1.54, 1.807) is 0 Å². The fourth-order valence-corrected chi connectivity index (χ4v) is 9.64. The van der Waals surface area contributed by atoms with Crippen molar-refractivity contribution in [3.8, 4) is 22.3 Å². The molecular weight excluding hydrogens is 601 g/mol. The normalized spacial score (nSPS) is 12.4. The molecule has 0 saturated carbocycles. The average molecular weight is 635 g/mol. The van der Waals surface area contributed by atoms with Crippen LogP contribution < -0.4 is 0 Å². The Morgan fingerprint density at radius 2 is 0.660 bits per heavy atom. The molecule has 0 heterocycles. The molecule has 0 bridgehead atoms. The van der Waals surface area contributed by atoms with Crippen LogP contribution in [0.1, 0.15) is 22.3 Å². The third kappa shape index (κ3) is 3.61. The molecular formula is C50H34. The summed E-state index contributed by atoms with van der Waals surface area (Å²) in [7, 11) is 0. The number of aryl methyl sites for hydroxylation is 4. The third-order valence-corrected chi connectivity index (χ3v) is 11.8. The molecule has 0 aromatic heterocycles. The maximum Gasteiger partial charge on any atom is -0.00199 e. The van der Waals surface area contributed by atoms with E-state index in [2.05, 4.69) is 161 Å².